The summed E-state index contributed by atoms with van der Waals surface area (Å²) < 4.78 is 2.07. The van der Waals surface area contributed by atoms with Crippen LogP contribution in [0.15, 0.2) is 36.7 Å². The van der Waals surface area contributed by atoms with E-state index in [0.717, 1.165) is 62.9 Å². The van der Waals surface area contributed by atoms with E-state index in [-0.39, 0.29) is 18.0 Å². The Morgan fingerprint density at radius 2 is 2.00 bits per heavy atom. The highest BCUT2D eigenvalue weighted by Gasteiger charge is 2.33. The van der Waals surface area contributed by atoms with E-state index < -0.39 is 6.10 Å². The number of amides is 1. The lowest BCUT2D eigenvalue weighted by molar-refractivity contribution is 0.0615. The van der Waals surface area contributed by atoms with Crippen LogP contribution in [0.1, 0.15) is 74.8 Å². The topological polar surface area (TPSA) is 70.4 Å². The zero-order chi connectivity index (χ0) is 21.6. The van der Waals surface area contributed by atoms with E-state index in [2.05, 4.69) is 21.8 Å². The van der Waals surface area contributed by atoms with Crippen LogP contribution in [-0.2, 0) is 0 Å². The quantitative estimate of drug-likeness (QED) is 0.659. The van der Waals surface area contributed by atoms with Crippen LogP contribution in [-0.4, -0.2) is 57.2 Å². The predicted molar refractivity (Wildman–Crippen MR) is 123 cm³/mol. The number of hydrogen-bond donors (Lipinski definition) is 2. The lowest BCUT2D eigenvalue weighted by atomic mass is 9.92. The average Bonchev–Trinajstić information content (AvgIpc) is 3.25. The van der Waals surface area contributed by atoms with Gasteiger partial charge < -0.3 is 19.9 Å². The van der Waals surface area contributed by atoms with Crippen LogP contribution >= 0.6 is 0 Å². The molecule has 0 spiro atoms. The molecule has 2 aliphatic rings. The first-order chi connectivity index (χ1) is 15.2. The van der Waals surface area contributed by atoms with Crippen LogP contribution in [0.4, 0.5) is 0 Å². The highest BCUT2D eigenvalue weighted by atomic mass is 16.3. The van der Waals surface area contributed by atoms with Gasteiger partial charge in [-0.15, -0.1) is 0 Å². The summed E-state index contributed by atoms with van der Waals surface area (Å²) in [6.45, 7) is 4.58. The van der Waals surface area contributed by atoms with Crippen molar-refractivity contribution in [3.63, 3.8) is 0 Å². The first kappa shape index (κ1) is 22.0. The van der Waals surface area contributed by atoms with E-state index in [1.165, 1.54) is 12.8 Å². The van der Waals surface area contributed by atoms with E-state index >= 15 is 0 Å². The van der Waals surface area contributed by atoms with Gasteiger partial charge in [-0.25, -0.2) is 4.98 Å². The van der Waals surface area contributed by atoms with Gasteiger partial charge in [-0.1, -0.05) is 69.4 Å². The molecule has 2 aromatic rings. The van der Waals surface area contributed by atoms with E-state index in [9.17, 15) is 9.90 Å². The van der Waals surface area contributed by atoms with Crippen LogP contribution in [0.3, 0.4) is 0 Å². The zero-order valence-electron chi connectivity index (χ0n) is 18.7. The molecule has 2 heterocycles. The number of hydrogen-bond acceptors (Lipinski definition) is 4. The standard InChI is InChI=1S/C25H36N4O2/c1-2-3-5-12-20-17-26-15-16-28(20)25(31)23-24(19-10-6-4-7-11-19)29(18-27-23)21-13-8-9-14-22(21)30/h4,6-7,10-11,18,20-22,26,30H,2-3,5,8-9,12-17H2,1H3/t20?,21-,22+/m0/s1. The summed E-state index contributed by atoms with van der Waals surface area (Å²) in [6, 6.07) is 10.2. The van der Waals surface area contributed by atoms with Crippen molar-refractivity contribution in [2.24, 2.45) is 0 Å². The number of rotatable bonds is 7. The Morgan fingerprint density at radius 1 is 1.19 bits per heavy atom. The molecular formula is C25H36N4O2. The summed E-state index contributed by atoms with van der Waals surface area (Å²) in [5, 5.41) is 14.2. The van der Waals surface area contributed by atoms with Crippen molar-refractivity contribution in [3.05, 3.63) is 42.4 Å². The van der Waals surface area contributed by atoms with Crippen molar-refractivity contribution in [2.75, 3.05) is 19.6 Å². The molecule has 3 atom stereocenters. The lowest BCUT2D eigenvalue weighted by Gasteiger charge is -2.36. The summed E-state index contributed by atoms with van der Waals surface area (Å²) in [7, 11) is 0. The molecule has 1 aliphatic heterocycles. The number of unbranched alkanes of at least 4 members (excludes halogenated alkanes) is 2. The second-order valence-electron chi connectivity index (χ2n) is 8.99. The van der Waals surface area contributed by atoms with Gasteiger partial charge in [0.25, 0.3) is 5.91 Å². The van der Waals surface area contributed by atoms with Gasteiger partial charge in [-0.05, 0) is 19.3 Å². The molecule has 1 saturated carbocycles. The summed E-state index contributed by atoms with van der Waals surface area (Å²) in [5.74, 6) is 0.0194. The summed E-state index contributed by atoms with van der Waals surface area (Å²) in [6.07, 6.45) is 9.79. The SMILES string of the molecule is CCCCCC1CNCCN1C(=O)c1ncn([C@H]2CCCC[C@H]2O)c1-c1ccccc1. The second-order valence-corrected chi connectivity index (χ2v) is 8.99. The molecule has 1 amide bonds. The van der Waals surface area contributed by atoms with Crippen LogP contribution < -0.4 is 5.32 Å². The largest absolute Gasteiger partial charge is 0.391 e. The van der Waals surface area contributed by atoms with E-state index in [1.54, 1.807) is 6.33 Å². The van der Waals surface area contributed by atoms with Crippen molar-refractivity contribution in [1.29, 1.82) is 0 Å². The van der Waals surface area contributed by atoms with Gasteiger partial charge in [-0.2, -0.15) is 0 Å². The minimum atomic E-state index is -0.394. The molecule has 6 nitrogen and oxygen atoms in total. The van der Waals surface area contributed by atoms with Gasteiger partial charge in [0, 0.05) is 31.2 Å². The number of nitrogens with one attached hydrogen (secondary N) is 1. The minimum absolute atomic E-state index is 0.0194. The third kappa shape index (κ3) is 4.85. The fraction of sp³-hybridized carbons (Fsp3) is 0.600. The van der Waals surface area contributed by atoms with Crippen LogP contribution in [0.2, 0.25) is 0 Å². The summed E-state index contributed by atoms with van der Waals surface area (Å²) >= 11 is 0. The fourth-order valence-electron chi connectivity index (χ4n) is 5.12. The number of benzene rings is 1. The Kier molecular flexibility index (Phi) is 7.41. The van der Waals surface area contributed by atoms with Gasteiger partial charge >= 0.3 is 0 Å². The van der Waals surface area contributed by atoms with E-state index in [4.69, 9.17) is 0 Å². The van der Waals surface area contributed by atoms with E-state index in [1.807, 2.05) is 35.2 Å². The number of nitrogens with zero attached hydrogens (tertiary/aromatic N) is 3. The molecule has 2 N–H and O–H groups in total. The van der Waals surface area contributed by atoms with Crippen LogP contribution in [0.5, 0.6) is 0 Å². The fourth-order valence-corrected chi connectivity index (χ4v) is 5.12. The molecule has 1 aromatic heterocycles. The van der Waals surface area contributed by atoms with Gasteiger partial charge in [0.05, 0.1) is 24.2 Å². The number of aliphatic hydroxyl groups excluding tert-OH is 1. The van der Waals surface area contributed by atoms with Gasteiger partial charge in [0.2, 0.25) is 0 Å². The highest BCUT2D eigenvalue weighted by Crippen LogP contribution is 2.35. The van der Waals surface area contributed by atoms with Gasteiger partial charge in [0.1, 0.15) is 0 Å². The number of aliphatic hydroxyl groups is 1. The van der Waals surface area contributed by atoms with Crippen molar-refractivity contribution in [3.8, 4) is 11.3 Å². The normalized spacial score (nSPS) is 24.3. The third-order valence-corrected chi connectivity index (χ3v) is 6.85. The number of aromatic nitrogens is 2. The number of carbonyl (C=O) groups is 1. The monoisotopic (exact) mass is 424 g/mol. The maximum Gasteiger partial charge on any atom is 0.275 e. The van der Waals surface area contributed by atoms with Crippen molar-refractivity contribution >= 4 is 5.91 Å². The number of piperazine rings is 1. The Bertz CT molecular complexity index is 850. The van der Waals surface area contributed by atoms with E-state index in [0.29, 0.717) is 12.2 Å². The van der Waals surface area contributed by atoms with Gasteiger partial charge in [-0.3, -0.25) is 4.79 Å². The van der Waals surface area contributed by atoms with Crippen molar-refractivity contribution in [2.45, 2.75) is 76.5 Å². The molecule has 1 saturated heterocycles. The maximum atomic E-state index is 13.8. The molecule has 2 fully saturated rings. The minimum Gasteiger partial charge on any atom is -0.391 e. The first-order valence-corrected chi connectivity index (χ1v) is 12.0. The predicted octanol–water partition coefficient (Wildman–Crippen LogP) is 4.02. The number of carbonyl (C=O) groups excluding carboxylic acids is 1. The van der Waals surface area contributed by atoms with Crippen molar-refractivity contribution < 1.29 is 9.90 Å². The molecular weight excluding hydrogens is 388 g/mol. The first-order valence-electron chi connectivity index (χ1n) is 12.0. The maximum absolute atomic E-state index is 13.8. The molecule has 168 valence electrons. The Morgan fingerprint density at radius 3 is 2.77 bits per heavy atom. The molecule has 31 heavy (non-hydrogen) atoms. The zero-order valence-corrected chi connectivity index (χ0v) is 18.7. The van der Waals surface area contributed by atoms with Crippen LogP contribution in [0, 0.1) is 0 Å². The molecule has 4 rings (SSSR count). The van der Waals surface area contributed by atoms with Gasteiger partial charge in [0.15, 0.2) is 5.69 Å². The lowest BCUT2D eigenvalue weighted by Crippen LogP contribution is -2.53. The molecule has 1 aliphatic carbocycles. The molecule has 0 radical (unpaired) electrons. The molecule has 6 heteroatoms. The Hall–Kier alpha value is -2.18. The summed E-state index contributed by atoms with van der Waals surface area (Å²) in [4.78, 5) is 20.5. The Balaban J connectivity index is 1.68. The molecule has 0 bridgehead atoms. The third-order valence-electron chi connectivity index (χ3n) is 6.85. The number of imidazole rings is 1. The van der Waals surface area contributed by atoms with Crippen molar-refractivity contribution in [1.82, 2.24) is 19.8 Å². The smallest absolute Gasteiger partial charge is 0.275 e. The molecule has 1 aromatic carbocycles. The second kappa shape index (κ2) is 10.4. The Labute approximate surface area is 185 Å². The average molecular weight is 425 g/mol. The van der Waals surface area contributed by atoms with Crippen LogP contribution in [0.25, 0.3) is 11.3 Å². The highest BCUT2D eigenvalue weighted by molar-refractivity contribution is 5.98. The molecule has 1 unspecified atom stereocenters. The summed E-state index contributed by atoms with van der Waals surface area (Å²) in [5.41, 5.74) is 2.35.